The number of imidazole rings is 1. The van der Waals surface area contributed by atoms with Crippen molar-refractivity contribution < 1.29 is 4.79 Å². The molecule has 31 heavy (non-hydrogen) atoms. The van der Waals surface area contributed by atoms with Crippen molar-refractivity contribution in [3.8, 4) is 0 Å². The highest BCUT2D eigenvalue weighted by molar-refractivity contribution is 5.83. The Morgan fingerprint density at radius 2 is 1.87 bits per heavy atom. The number of benzene rings is 2. The predicted molar refractivity (Wildman–Crippen MR) is 123 cm³/mol. The van der Waals surface area contributed by atoms with Crippen LogP contribution in [0.3, 0.4) is 0 Å². The van der Waals surface area contributed by atoms with Crippen molar-refractivity contribution in [2.45, 2.75) is 25.9 Å². The third kappa shape index (κ3) is 3.83. The molecule has 0 spiro atoms. The number of carbonyl (C=O) groups excluding carboxylic acids is 1. The Morgan fingerprint density at radius 1 is 1.13 bits per heavy atom. The summed E-state index contributed by atoms with van der Waals surface area (Å²) >= 11 is 0. The molecule has 1 saturated heterocycles. The molecule has 1 N–H and O–H groups in total. The van der Waals surface area contributed by atoms with Crippen LogP contribution in [0, 0.1) is 5.92 Å². The topological polar surface area (TPSA) is 57.2 Å². The van der Waals surface area contributed by atoms with Crippen LogP contribution < -0.4 is 0 Å². The van der Waals surface area contributed by atoms with Crippen LogP contribution in [0.1, 0.15) is 24.2 Å². The average molecular weight is 416 g/mol. The molecule has 0 radical (unpaired) electrons. The van der Waals surface area contributed by atoms with E-state index in [1.54, 1.807) is 0 Å². The van der Waals surface area contributed by atoms with Gasteiger partial charge in [0.1, 0.15) is 5.82 Å². The van der Waals surface area contributed by atoms with Crippen LogP contribution in [-0.4, -0.2) is 50.4 Å². The van der Waals surface area contributed by atoms with E-state index in [0.29, 0.717) is 6.54 Å². The highest BCUT2D eigenvalue weighted by atomic mass is 16.2. The van der Waals surface area contributed by atoms with Gasteiger partial charge in [0.25, 0.3) is 0 Å². The summed E-state index contributed by atoms with van der Waals surface area (Å²) < 4.78 is 2.09. The van der Waals surface area contributed by atoms with Crippen molar-refractivity contribution in [2.75, 3.05) is 20.1 Å². The number of aromatic nitrogens is 3. The van der Waals surface area contributed by atoms with Crippen LogP contribution in [0.2, 0.25) is 0 Å². The van der Waals surface area contributed by atoms with E-state index in [0.717, 1.165) is 49.3 Å². The van der Waals surface area contributed by atoms with E-state index in [2.05, 4.69) is 51.0 Å². The van der Waals surface area contributed by atoms with Crippen molar-refractivity contribution in [3.63, 3.8) is 0 Å². The summed E-state index contributed by atoms with van der Waals surface area (Å²) in [6, 6.07) is 16.5. The fourth-order valence-corrected chi connectivity index (χ4v) is 4.78. The fourth-order valence-electron chi connectivity index (χ4n) is 4.78. The molecule has 0 unspecified atom stereocenters. The van der Waals surface area contributed by atoms with Crippen LogP contribution in [-0.2, 0) is 24.9 Å². The maximum Gasteiger partial charge on any atom is 0.225 e. The number of hydrogen-bond donors (Lipinski definition) is 1. The van der Waals surface area contributed by atoms with Crippen molar-refractivity contribution >= 4 is 27.8 Å². The number of H-pyrrole nitrogens is 1. The van der Waals surface area contributed by atoms with Crippen molar-refractivity contribution in [1.82, 2.24) is 24.3 Å². The molecule has 1 amide bonds. The van der Waals surface area contributed by atoms with Gasteiger partial charge in [-0.25, -0.2) is 4.98 Å². The van der Waals surface area contributed by atoms with Gasteiger partial charge in [0.2, 0.25) is 5.91 Å². The summed E-state index contributed by atoms with van der Waals surface area (Å²) in [6.07, 6.45) is 3.94. The molecule has 0 atom stereocenters. The number of aromatic amines is 1. The summed E-state index contributed by atoms with van der Waals surface area (Å²) in [5, 5.41) is 1.29. The van der Waals surface area contributed by atoms with Gasteiger partial charge in [0.15, 0.2) is 0 Å². The van der Waals surface area contributed by atoms with Gasteiger partial charge in [-0.05, 0) is 49.7 Å². The van der Waals surface area contributed by atoms with Gasteiger partial charge in [-0.1, -0.05) is 30.3 Å². The third-order valence-corrected chi connectivity index (χ3v) is 6.64. The quantitative estimate of drug-likeness (QED) is 0.537. The predicted octanol–water partition coefficient (Wildman–Crippen LogP) is 3.93. The standard InChI is InChI=1S/C25H29N5O/c1-28(17-24-27-22-9-5-6-10-23(22)29(24)2)25(31)18-11-13-30(14-12-18)16-19-15-26-21-8-4-3-7-20(19)21/h3-10,15,18,26H,11-14,16-17H2,1-2H3. The first-order valence-electron chi connectivity index (χ1n) is 11.0. The summed E-state index contributed by atoms with van der Waals surface area (Å²) in [6.45, 7) is 3.38. The van der Waals surface area contributed by atoms with Crippen LogP contribution in [0.15, 0.2) is 54.7 Å². The molecule has 6 nitrogen and oxygen atoms in total. The number of piperidine rings is 1. The van der Waals surface area contributed by atoms with Crippen molar-refractivity contribution in [1.29, 1.82) is 0 Å². The lowest BCUT2D eigenvalue weighted by atomic mass is 9.95. The van der Waals surface area contributed by atoms with Crippen LogP contribution >= 0.6 is 0 Å². The number of rotatable bonds is 5. The van der Waals surface area contributed by atoms with Gasteiger partial charge >= 0.3 is 0 Å². The first-order chi connectivity index (χ1) is 15.1. The van der Waals surface area contributed by atoms with E-state index in [9.17, 15) is 4.79 Å². The average Bonchev–Trinajstić information content (AvgIpc) is 3.35. The van der Waals surface area contributed by atoms with Gasteiger partial charge in [-0.3, -0.25) is 9.69 Å². The van der Waals surface area contributed by atoms with Gasteiger partial charge in [0.05, 0.1) is 17.6 Å². The maximum absolute atomic E-state index is 13.1. The zero-order valence-electron chi connectivity index (χ0n) is 18.2. The fraction of sp³-hybridized carbons (Fsp3) is 0.360. The lowest BCUT2D eigenvalue weighted by Crippen LogP contribution is -2.41. The van der Waals surface area contributed by atoms with Gasteiger partial charge in [0, 0.05) is 43.7 Å². The number of carbonyl (C=O) groups is 1. The molecule has 1 fully saturated rings. The molecule has 0 aliphatic carbocycles. The number of fused-ring (bicyclic) bond motifs is 2. The van der Waals surface area contributed by atoms with E-state index < -0.39 is 0 Å². The second-order valence-corrected chi connectivity index (χ2v) is 8.68. The molecule has 4 aromatic rings. The van der Waals surface area contributed by atoms with Crippen molar-refractivity contribution in [2.24, 2.45) is 13.0 Å². The number of amides is 1. The molecule has 2 aromatic heterocycles. The first kappa shape index (κ1) is 19.8. The Labute approximate surface area is 182 Å². The largest absolute Gasteiger partial charge is 0.361 e. The lowest BCUT2D eigenvalue weighted by Gasteiger charge is -2.33. The molecular weight excluding hydrogens is 386 g/mol. The van der Waals surface area contributed by atoms with Crippen LogP contribution in [0.5, 0.6) is 0 Å². The summed E-state index contributed by atoms with van der Waals surface area (Å²) in [7, 11) is 3.92. The van der Waals surface area contributed by atoms with Gasteiger partial charge in [-0.2, -0.15) is 0 Å². The van der Waals surface area contributed by atoms with E-state index >= 15 is 0 Å². The second-order valence-electron chi connectivity index (χ2n) is 8.68. The molecule has 6 heteroatoms. The molecule has 5 rings (SSSR count). The van der Waals surface area contributed by atoms with E-state index in [1.807, 2.05) is 37.2 Å². The highest BCUT2D eigenvalue weighted by Gasteiger charge is 2.28. The maximum atomic E-state index is 13.1. The Bertz CT molecular complexity index is 1220. The van der Waals surface area contributed by atoms with E-state index in [-0.39, 0.29) is 11.8 Å². The summed E-state index contributed by atoms with van der Waals surface area (Å²) in [4.78, 5) is 25.5. The normalized spacial score (nSPS) is 15.7. The minimum atomic E-state index is 0.0962. The molecular formula is C25H29N5O. The van der Waals surface area contributed by atoms with Gasteiger partial charge < -0.3 is 14.5 Å². The van der Waals surface area contributed by atoms with Crippen LogP contribution in [0.25, 0.3) is 21.9 Å². The Kier molecular flexibility index (Phi) is 5.24. The number of nitrogens with zero attached hydrogens (tertiary/aromatic N) is 4. The van der Waals surface area contributed by atoms with Gasteiger partial charge in [-0.15, -0.1) is 0 Å². The zero-order valence-corrected chi connectivity index (χ0v) is 18.2. The number of likely N-dealkylation sites (tertiary alicyclic amines) is 1. The molecule has 1 aliphatic rings. The summed E-state index contributed by atoms with van der Waals surface area (Å²) in [5.41, 5.74) is 4.60. The van der Waals surface area contributed by atoms with E-state index in [4.69, 9.17) is 4.98 Å². The molecule has 1 aliphatic heterocycles. The monoisotopic (exact) mass is 415 g/mol. The Morgan fingerprint density at radius 3 is 2.68 bits per heavy atom. The zero-order chi connectivity index (χ0) is 21.4. The molecule has 3 heterocycles. The minimum Gasteiger partial charge on any atom is -0.361 e. The second kappa shape index (κ2) is 8.19. The Balaban J connectivity index is 1.19. The van der Waals surface area contributed by atoms with Crippen LogP contribution in [0.4, 0.5) is 0 Å². The molecule has 0 bridgehead atoms. The Hall–Kier alpha value is -3.12. The molecule has 160 valence electrons. The first-order valence-corrected chi connectivity index (χ1v) is 11.0. The lowest BCUT2D eigenvalue weighted by molar-refractivity contribution is -0.136. The molecule has 2 aromatic carbocycles. The number of para-hydroxylation sites is 3. The summed E-state index contributed by atoms with van der Waals surface area (Å²) in [5.74, 6) is 1.26. The SMILES string of the molecule is CN(Cc1nc2ccccc2n1C)C(=O)C1CCN(Cc2c[nH]c3ccccc23)CC1. The minimum absolute atomic E-state index is 0.0962. The number of aryl methyl sites for hydroxylation is 1. The molecule has 0 saturated carbocycles. The highest BCUT2D eigenvalue weighted by Crippen LogP contribution is 2.25. The number of hydrogen-bond acceptors (Lipinski definition) is 3. The van der Waals surface area contributed by atoms with E-state index in [1.165, 1.54) is 16.5 Å². The number of nitrogens with one attached hydrogen (secondary N) is 1. The van der Waals surface area contributed by atoms with Crippen molar-refractivity contribution in [3.05, 3.63) is 66.1 Å². The smallest absolute Gasteiger partial charge is 0.225 e. The third-order valence-electron chi connectivity index (χ3n) is 6.64.